The summed E-state index contributed by atoms with van der Waals surface area (Å²) >= 11 is 0. The van der Waals surface area contributed by atoms with Crippen LogP contribution in [-0.4, -0.2) is 11.4 Å². The molecule has 3 unspecified atom stereocenters. The van der Waals surface area contributed by atoms with Crippen LogP contribution in [0.15, 0.2) is 42.5 Å². The average Bonchev–Trinajstić information content (AvgIpc) is 2.78. The Morgan fingerprint density at radius 1 is 1.05 bits per heavy atom. The predicted molar refractivity (Wildman–Crippen MR) is 72.8 cm³/mol. The van der Waals surface area contributed by atoms with Gasteiger partial charge in [-0.3, -0.25) is 0 Å². The molecule has 3 atom stereocenters. The molecule has 1 aliphatic carbocycles. The number of ether oxygens (including phenoxy) is 1. The van der Waals surface area contributed by atoms with Crippen LogP contribution in [0.4, 0.5) is 4.39 Å². The number of aliphatic hydroxyl groups excluding tert-OH is 1. The van der Waals surface area contributed by atoms with E-state index in [9.17, 15) is 9.50 Å². The highest BCUT2D eigenvalue weighted by molar-refractivity contribution is 5.45. The van der Waals surface area contributed by atoms with E-state index in [4.69, 9.17) is 4.74 Å². The summed E-state index contributed by atoms with van der Waals surface area (Å²) < 4.78 is 19.3. The Labute approximate surface area is 116 Å². The summed E-state index contributed by atoms with van der Waals surface area (Å²) in [6, 6.07) is 13.1. The van der Waals surface area contributed by atoms with Crippen LogP contribution in [0.2, 0.25) is 0 Å². The van der Waals surface area contributed by atoms with Crippen LogP contribution in [0.25, 0.3) is 0 Å². The summed E-state index contributed by atoms with van der Waals surface area (Å²) in [4.78, 5) is 0. The number of hydrogen-bond donors (Lipinski definition) is 1. The van der Waals surface area contributed by atoms with E-state index in [0.29, 0.717) is 6.42 Å². The van der Waals surface area contributed by atoms with Gasteiger partial charge in [0, 0.05) is 12.3 Å². The fourth-order valence-electron chi connectivity index (χ4n) is 3.49. The van der Waals surface area contributed by atoms with Gasteiger partial charge in [-0.05, 0) is 40.8 Å². The maximum atomic E-state index is 13.6. The number of benzene rings is 2. The van der Waals surface area contributed by atoms with Crippen LogP contribution in [0.5, 0.6) is 0 Å². The van der Waals surface area contributed by atoms with Gasteiger partial charge in [0.1, 0.15) is 5.82 Å². The summed E-state index contributed by atoms with van der Waals surface area (Å²) in [5, 5.41) is 9.86. The zero-order valence-electron chi connectivity index (χ0n) is 10.9. The first kappa shape index (κ1) is 12.1. The summed E-state index contributed by atoms with van der Waals surface area (Å²) in [5.41, 5.74) is 4.42. The van der Waals surface area contributed by atoms with E-state index in [-0.39, 0.29) is 17.8 Å². The molecular weight excluding hydrogens is 255 g/mol. The number of rotatable bonds is 0. The Hall–Kier alpha value is -1.71. The van der Waals surface area contributed by atoms with Crippen LogP contribution >= 0.6 is 0 Å². The molecule has 0 amide bonds. The van der Waals surface area contributed by atoms with Crippen LogP contribution in [0.1, 0.15) is 40.7 Å². The summed E-state index contributed by atoms with van der Waals surface area (Å²) in [6.45, 7) is 0. The van der Waals surface area contributed by atoms with Crippen molar-refractivity contribution in [2.45, 2.75) is 31.2 Å². The van der Waals surface area contributed by atoms with Gasteiger partial charge in [-0.25, -0.2) is 4.39 Å². The molecule has 0 aromatic heterocycles. The molecule has 2 nitrogen and oxygen atoms in total. The third kappa shape index (κ3) is 1.78. The first-order valence-electron chi connectivity index (χ1n) is 6.92. The van der Waals surface area contributed by atoms with Gasteiger partial charge >= 0.3 is 0 Å². The number of fused-ring (bicyclic) bond motifs is 5. The lowest BCUT2D eigenvalue weighted by Crippen LogP contribution is -2.07. The van der Waals surface area contributed by atoms with E-state index in [1.54, 1.807) is 6.07 Å². The summed E-state index contributed by atoms with van der Waals surface area (Å²) in [5.74, 6) is -0.150. The van der Waals surface area contributed by atoms with E-state index in [0.717, 1.165) is 17.5 Å². The van der Waals surface area contributed by atoms with Gasteiger partial charge in [-0.1, -0.05) is 30.3 Å². The van der Waals surface area contributed by atoms with Gasteiger partial charge in [-0.2, -0.15) is 0 Å². The average molecular weight is 270 g/mol. The first-order chi connectivity index (χ1) is 9.72. The smallest absolute Gasteiger partial charge is 0.156 e. The molecule has 0 spiro atoms. The van der Waals surface area contributed by atoms with Crippen molar-refractivity contribution in [3.8, 4) is 0 Å². The highest BCUT2D eigenvalue weighted by Gasteiger charge is 2.40. The molecule has 20 heavy (non-hydrogen) atoms. The molecule has 1 heterocycles. The lowest BCUT2D eigenvalue weighted by atomic mass is 9.88. The SMILES string of the molecule is OC1CC2c3ccccc3Cc3ccc(F)cc3C2O1. The molecule has 2 aromatic rings. The van der Waals surface area contributed by atoms with Crippen molar-refractivity contribution in [1.29, 1.82) is 0 Å². The van der Waals surface area contributed by atoms with Gasteiger partial charge in [-0.15, -0.1) is 0 Å². The second-order valence-corrected chi connectivity index (χ2v) is 5.57. The van der Waals surface area contributed by atoms with Crippen molar-refractivity contribution in [2.24, 2.45) is 0 Å². The predicted octanol–water partition coefficient (Wildman–Crippen LogP) is 3.29. The zero-order valence-corrected chi connectivity index (χ0v) is 10.9. The number of hydrogen-bond acceptors (Lipinski definition) is 2. The maximum Gasteiger partial charge on any atom is 0.156 e. The van der Waals surface area contributed by atoms with Crippen molar-refractivity contribution in [3.63, 3.8) is 0 Å². The van der Waals surface area contributed by atoms with Crippen LogP contribution in [0, 0.1) is 5.82 Å². The van der Waals surface area contributed by atoms with E-state index in [1.807, 2.05) is 18.2 Å². The van der Waals surface area contributed by atoms with Gasteiger partial charge in [0.15, 0.2) is 6.29 Å². The Morgan fingerprint density at radius 3 is 2.75 bits per heavy atom. The molecular formula is C17H15FO2. The van der Waals surface area contributed by atoms with Gasteiger partial charge in [0.2, 0.25) is 0 Å². The summed E-state index contributed by atoms with van der Waals surface area (Å²) in [7, 11) is 0. The van der Waals surface area contributed by atoms with Gasteiger partial charge in [0.25, 0.3) is 0 Å². The van der Waals surface area contributed by atoms with Gasteiger partial charge in [0.05, 0.1) is 6.10 Å². The standard InChI is InChI=1S/C17H15FO2/c18-12-6-5-11-7-10-3-1-2-4-13(10)15-9-16(19)20-17(15)14(11)8-12/h1-6,8,15-17,19H,7,9H2. The van der Waals surface area contributed by atoms with Crippen molar-refractivity contribution < 1.29 is 14.2 Å². The molecule has 1 aliphatic heterocycles. The van der Waals surface area contributed by atoms with Crippen LogP contribution in [-0.2, 0) is 11.2 Å². The van der Waals surface area contributed by atoms with Crippen molar-refractivity contribution in [2.75, 3.05) is 0 Å². The molecule has 0 saturated carbocycles. The van der Waals surface area contributed by atoms with E-state index < -0.39 is 6.29 Å². The fraction of sp³-hybridized carbons (Fsp3) is 0.294. The second kappa shape index (κ2) is 4.40. The van der Waals surface area contributed by atoms with E-state index >= 15 is 0 Å². The molecule has 102 valence electrons. The largest absolute Gasteiger partial charge is 0.368 e. The molecule has 0 bridgehead atoms. The Kier molecular flexibility index (Phi) is 2.65. The Bertz CT molecular complexity index is 668. The molecule has 2 aliphatic rings. The Balaban J connectivity index is 1.93. The van der Waals surface area contributed by atoms with Crippen LogP contribution in [0.3, 0.4) is 0 Å². The maximum absolute atomic E-state index is 13.6. The van der Waals surface area contributed by atoms with E-state index in [2.05, 4.69) is 12.1 Å². The van der Waals surface area contributed by atoms with Crippen molar-refractivity contribution in [3.05, 3.63) is 70.5 Å². The summed E-state index contributed by atoms with van der Waals surface area (Å²) in [6.07, 6.45) is 0.335. The minimum atomic E-state index is -0.771. The Morgan fingerprint density at radius 2 is 1.85 bits per heavy atom. The van der Waals surface area contributed by atoms with Gasteiger partial charge < -0.3 is 9.84 Å². The highest BCUT2D eigenvalue weighted by Crippen LogP contribution is 2.48. The molecule has 1 fully saturated rings. The molecule has 1 saturated heterocycles. The minimum absolute atomic E-state index is 0.101. The molecule has 3 heteroatoms. The quantitative estimate of drug-likeness (QED) is 0.796. The normalized spacial score (nSPS) is 27.4. The molecule has 4 rings (SSSR count). The minimum Gasteiger partial charge on any atom is -0.368 e. The molecule has 2 aromatic carbocycles. The fourth-order valence-corrected chi connectivity index (χ4v) is 3.49. The highest BCUT2D eigenvalue weighted by atomic mass is 19.1. The van der Waals surface area contributed by atoms with Crippen molar-refractivity contribution in [1.82, 2.24) is 0 Å². The third-order valence-electron chi connectivity index (χ3n) is 4.37. The molecule has 0 radical (unpaired) electrons. The lowest BCUT2D eigenvalue weighted by molar-refractivity contribution is -0.0922. The molecule has 1 N–H and O–H groups in total. The number of halogens is 1. The second-order valence-electron chi connectivity index (χ2n) is 5.57. The van der Waals surface area contributed by atoms with Crippen LogP contribution < -0.4 is 0 Å². The lowest BCUT2D eigenvalue weighted by Gasteiger charge is -2.18. The topological polar surface area (TPSA) is 29.5 Å². The monoisotopic (exact) mass is 270 g/mol. The first-order valence-corrected chi connectivity index (χ1v) is 6.92. The van der Waals surface area contributed by atoms with E-state index in [1.165, 1.54) is 17.2 Å². The number of aliphatic hydroxyl groups is 1. The third-order valence-corrected chi connectivity index (χ3v) is 4.37. The van der Waals surface area contributed by atoms with Crippen molar-refractivity contribution >= 4 is 0 Å². The zero-order chi connectivity index (χ0) is 13.7.